The van der Waals surface area contributed by atoms with Crippen molar-refractivity contribution in [2.75, 3.05) is 18.4 Å². The van der Waals surface area contributed by atoms with Gasteiger partial charge in [-0.1, -0.05) is 30.3 Å². The summed E-state index contributed by atoms with van der Waals surface area (Å²) in [6.07, 6.45) is -0.452. The Kier molecular flexibility index (Phi) is 5.43. The van der Waals surface area contributed by atoms with E-state index in [9.17, 15) is 13.6 Å². The Balaban J connectivity index is 1.51. The van der Waals surface area contributed by atoms with Crippen molar-refractivity contribution in [3.05, 3.63) is 101 Å². The minimum atomic E-state index is -0.988. The van der Waals surface area contributed by atoms with Gasteiger partial charge in [0.25, 0.3) is 0 Å². The Hall–Kier alpha value is -3.91. The van der Waals surface area contributed by atoms with Crippen LogP contribution in [0.1, 0.15) is 27.0 Å². The highest BCUT2D eigenvalue weighted by atomic mass is 19.1. The Bertz CT molecular complexity index is 1270. The summed E-state index contributed by atoms with van der Waals surface area (Å²) in [7, 11) is 0. The number of hydrogen-bond donors (Lipinski definition) is 3. The maximum Gasteiger partial charge on any atom is 0.335 e. The number of carbonyl (C=O) groups is 1. The summed E-state index contributed by atoms with van der Waals surface area (Å²) in [6, 6.07) is 17.6. The highest BCUT2D eigenvalue weighted by Crippen LogP contribution is 2.28. The maximum atomic E-state index is 14.6. The third-order valence-corrected chi connectivity index (χ3v) is 5.78. The lowest BCUT2D eigenvalue weighted by Crippen LogP contribution is -2.46. The van der Waals surface area contributed by atoms with E-state index in [4.69, 9.17) is 10.1 Å². The molecule has 0 bridgehead atoms. The van der Waals surface area contributed by atoms with E-state index < -0.39 is 23.9 Å². The standard InChI is InChI=1S/C25H20F2N4O2/c26-19-6-3-7-20(27)21(19)23-18-5-2-1-4-17(18)22-15(12-28-23)13-29-25(31-22)30-16-10-8-14(9-11-16)24(32)33/h1-11,15,25,29-30H,12-13H2,(H,32,33). The minimum Gasteiger partial charge on any atom is -0.478 e. The van der Waals surface area contributed by atoms with Gasteiger partial charge in [0, 0.05) is 35.8 Å². The second-order valence-electron chi connectivity index (χ2n) is 7.88. The summed E-state index contributed by atoms with van der Waals surface area (Å²) in [6.45, 7) is 0.901. The molecule has 2 unspecified atom stereocenters. The average molecular weight is 446 g/mol. The number of carboxylic acids is 1. The summed E-state index contributed by atoms with van der Waals surface area (Å²) >= 11 is 0. The SMILES string of the molecule is O=C(O)c1ccc(NC2N=C3c4ccccc4C(c4c(F)cccc4F)=NCC3CN2)cc1. The lowest BCUT2D eigenvalue weighted by Gasteiger charge is -2.29. The molecule has 0 saturated heterocycles. The average Bonchev–Trinajstić information content (AvgIpc) is 2.97. The number of nitrogens with one attached hydrogen (secondary N) is 2. The first kappa shape index (κ1) is 21.0. The zero-order valence-corrected chi connectivity index (χ0v) is 17.4. The first-order chi connectivity index (χ1) is 16.0. The number of nitrogens with zero attached hydrogens (tertiary/aromatic N) is 2. The van der Waals surface area contributed by atoms with Crippen LogP contribution in [0.25, 0.3) is 0 Å². The van der Waals surface area contributed by atoms with E-state index in [1.165, 1.54) is 30.3 Å². The summed E-state index contributed by atoms with van der Waals surface area (Å²) in [5.41, 5.74) is 3.29. The maximum absolute atomic E-state index is 14.6. The number of aliphatic imine (C=N–C) groups is 2. The Morgan fingerprint density at radius 1 is 0.970 bits per heavy atom. The minimum absolute atomic E-state index is 0.0640. The van der Waals surface area contributed by atoms with Crippen LogP contribution in [0.4, 0.5) is 14.5 Å². The molecule has 0 aliphatic carbocycles. The number of halogens is 2. The molecule has 8 heteroatoms. The second kappa shape index (κ2) is 8.55. The van der Waals surface area contributed by atoms with Crippen LogP contribution in [0, 0.1) is 17.6 Å². The van der Waals surface area contributed by atoms with Crippen LogP contribution < -0.4 is 10.6 Å². The van der Waals surface area contributed by atoms with E-state index >= 15 is 0 Å². The molecular weight excluding hydrogens is 426 g/mol. The van der Waals surface area contributed by atoms with Crippen molar-refractivity contribution in [2.24, 2.45) is 15.9 Å². The fourth-order valence-corrected chi connectivity index (χ4v) is 4.17. The molecule has 0 radical (unpaired) electrons. The fraction of sp³-hybridized carbons (Fsp3) is 0.160. The van der Waals surface area contributed by atoms with Crippen molar-refractivity contribution in [3.8, 4) is 0 Å². The van der Waals surface area contributed by atoms with E-state index in [2.05, 4.69) is 15.6 Å². The van der Waals surface area contributed by atoms with E-state index in [1.54, 1.807) is 18.2 Å². The number of carboxylic acid groups (broad SMARTS) is 1. The zero-order chi connectivity index (χ0) is 22.9. The molecule has 6 nitrogen and oxygen atoms in total. The van der Waals surface area contributed by atoms with Crippen LogP contribution in [0.15, 0.2) is 76.7 Å². The summed E-state index contributed by atoms with van der Waals surface area (Å²) in [5.74, 6) is -2.36. The number of rotatable bonds is 4. The van der Waals surface area contributed by atoms with Crippen LogP contribution in [0.2, 0.25) is 0 Å². The molecule has 0 spiro atoms. The van der Waals surface area contributed by atoms with Gasteiger partial charge in [0.1, 0.15) is 11.6 Å². The van der Waals surface area contributed by atoms with Gasteiger partial charge >= 0.3 is 5.97 Å². The highest BCUT2D eigenvalue weighted by molar-refractivity contribution is 6.21. The zero-order valence-electron chi connectivity index (χ0n) is 17.4. The fourth-order valence-electron chi connectivity index (χ4n) is 4.17. The molecule has 2 heterocycles. The summed E-state index contributed by atoms with van der Waals surface area (Å²) in [4.78, 5) is 20.5. The van der Waals surface area contributed by atoms with Gasteiger partial charge in [-0.15, -0.1) is 0 Å². The molecule has 0 saturated carbocycles. The highest BCUT2D eigenvalue weighted by Gasteiger charge is 2.31. The molecule has 5 rings (SSSR count). The van der Waals surface area contributed by atoms with Crippen molar-refractivity contribution in [1.29, 1.82) is 0 Å². The van der Waals surface area contributed by atoms with Gasteiger partial charge in [0.15, 0.2) is 6.29 Å². The molecule has 3 N–H and O–H groups in total. The first-order valence-electron chi connectivity index (χ1n) is 10.5. The number of anilines is 1. The Morgan fingerprint density at radius 3 is 2.36 bits per heavy atom. The lowest BCUT2D eigenvalue weighted by atomic mass is 9.90. The van der Waals surface area contributed by atoms with E-state index in [-0.39, 0.29) is 22.8 Å². The lowest BCUT2D eigenvalue weighted by molar-refractivity contribution is 0.0697. The normalized spacial score (nSPS) is 19.5. The van der Waals surface area contributed by atoms with Crippen LogP contribution in [-0.4, -0.2) is 41.9 Å². The Labute approximate surface area is 188 Å². The van der Waals surface area contributed by atoms with Crippen molar-refractivity contribution in [3.63, 3.8) is 0 Å². The largest absolute Gasteiger partial charge is 0.478 e. The number of fused-ring (bicyclic) bond motifs is 3. The van der Waals surface area contributed by atoms with Crippen molar-refractivity contribution in [2.45, 2.75) is 6.29 Å². The van der Waals surface area contributed by atoms with Crippen LogP contribution in [-0.2, 0) is 0 Å². The number of benzene rings is 3. The van der Waals surface area contributed by atoms with Crippen LogP contribution in [0.3, 0.4) is 0 Å². The molecule has 0 aromatic heterocycles. The van der Waals surface area contributed by atoms with E-state index in [0.29, 0.717) is 24.3 Å². The number of aromatic carboxylic acids is 1. The third kappa shape index (κ3) is 4.01. The van der Waals surface area contributed by atoms with Crippen molar-refractivity contribution >= 4 is 23.1 Å². The first-order valence-corrected chi connectivity index (χ1v) is 10.5. The van der Waals surface area contributed by atoms with Crippen molar-refractivity contribution in [1.82, 2.24) is 5.32 Å². The molecule has 0 amide bonds. The molecule has 33 heavy (non-hydrogen) atoms. The smallest absolute Gasteiger partial charge is 0.335 e. The summed E-state index contributed by atoms with van der Waals surface area (Å²) in [5, 5.41) is 15.6. The quantitative estimate of drug-likeness (QED) is 0.567. The molecule has 2 atom stereocenters. The van der Waals surface area contributed by atoms with Gasteiger partial charge in [-0.05, 0) is 36.4 Å². The van der Waals surface area contributed by atoms with Gasteiger partial charge in [-0.25, -0.2) is 18.6 Å². The van der Waals surface area contributed by atoms with E-state index in [1.807, 2.05) is 18.2 Å². The number of hydrogen-bond acceptors (Lipinski definition) is 5. The Morgan fingerprint density at radius 2 is 1.67 bits per heavy atom. The van der Waals surface area contributed by atoms with Gasteiger partial charge in [-0.3, -0.25) is 10.3 Å². The van der Waals surface area contributed by atoms with Crippen LogP contribution in [0.5, 0.6) is 0 Å². The molecule has 166 valence electrons. The van der Waals surface area contributed by atoms with Crippen molar-refractivity contribution < 1.29 is 18.7 Å². The molecule has 2 aliphatic rings. The predicted octanol–water partition coefficient (Wildman–Crippen LogP) is 3.92. The van der Waals surface area contributed by atoms with Gasteiger partial charge in [0.2, 0.25) is 0 Å². The topological polar surface area (TPSA) is 86.1 Å². The summed E-state index contributed by atoms with van der Waals surface area (Å²) < 4.78 is 29.2. The molecule has 2 aliphatic heterocycles. The second-order valence-corrected chi connectivity index (χ2v) is 7.88. The molecule has 0 fully saturated rings. The molecule has 3 aromatic rings. The predicted molar refractivity (Wildman–Crippen MR) is 122 cm³/mol. The van der Waals surface area contributed by atoms with Crippen LogP contribution >= 0.6 is 0 Å². The van der Waals surface area contributed by atoms with E-state index in [0.717, 1.165) is 11.3 Å². The van der Waals surface area contributed by atoms with Gasteiger partial charge in [-0.2, -0.15) is 0 Å². The third-order valence-electron chi connectivity index (χ3n) is 5.78. The molecule has 3 aromatic carbocycles. The molecular formula is C25H20F2N4O2. The van der Waals surface area contributed by atoms with Gasteiger partial charge < -0.3 is 10.4 Å². The van der Waals surface area contributed by atoms with Gasteiger partial charge in [0.05, 0.1) is 22.6 Å². The monoisotopic (exact) mass is 446 g/mol.